The topological polar surface area (TPSA) is 240 Å². The Labute approximate surface area is 184 Å². The van der Waals surface area contributed by atoms with Crippen molar-refractivity contribution in [2.75, 3.05) is 52.4 Å². The summed E-state index contributed by atoms with van der Waals surface area (Å²) in [5.41, 5.74) is 8.25. The van der Waals surface area contributed by atoms with Crippen LogP contribution >= 0.6 is 0 Å². The third kappa shape index (κ3) is 17.2. The number of nitrogens with zero attached hydrogens (tertiary/aromatic N) is 5. The Morgan fingerprint density at radius 1 is 0.938 bits per heavy atom. The van der Waals surface area contributed by atoms with E-state index in [0.717, 1.165) is 0 Å². The zero-order valence-electron chi connectivity index (χ0n) is 17.7. The molecule has 0 aromatic rings. The minimum absolute atomic E-state index is 0.0537. The van der Waals surface area contributed by atoms with Crippen molar-refractivity contribution in [3.63, 3.8) is 0 Å². The molecule has 0 fully saturated rings. The molecule has 15 nitrogen and oxygen atoms in total. The quantitative estimate of drug-likeness (QED) is 0.0349. The van der Waals surface area contributed by atoms with Gasteiger partial charge < -0.3 is 36.0 Å². The van der Waals surface area contributed by atoms with E-state index < -0.39 is 42.9 Å². The second-order valence-electron chi connectivity index (χ2n) is 7.16. The highest BCUT2D eigenvalue weighted by Crippen LogP contribution is 2.16. The van der Waals surface area contributed by atoms with Crippen LogP contribution in [-0.2, 0) is 14.4 Å². The van der Waals surface area contributed by atoms with E-state index in [1.807, 2.05) is 0 Å². The first-order chi connectivity index (χ1) is 15.0. The number of nitrogens with one attached hydrogen (secondary N) is 1. The first kappa shape index (κ1) is 29.5. The molecule has 0 saturated heterocycles. The van der Waals surface area contributed by atoms with Gasteiger partial charge in [0, 0.05) is 50.5 Å². The Morgan fingerprint density at radius 3 is 2.12 bits per heavy atom. The first-order valence-corrected chi connectivity index (χ1v) is 9.91. The van der Waals surface area contributed by atoms with Gasteiger partial charge in [0.15, 0.2) is 12.6 Å². The van der Waals surface area contributed by atoms with Crippen molar-refractivity contribution in [2.24, 2.45) is 11.0 Å². The monoisotopic (exact) mass is 464 g/mol. The number of hydrogen-bond acceptors (Lipinski definition) is 10. The van der Waals surface area contributed by atoms with Crippen LogP contribution in [0.1, 0.15) is 19.3 Å². The van der Waals surface area contributed by atoms with Gasteiger partial charge in [-0.1, -0.05) is 5.11 Å². The van der Waals surface area contributed by atoms with E-state index in [-0.39, 0.29) is 65.1 Å². The summed E-state index contributed by atoms with van der Waals surface area (Å²) in [6.07, 6.45) is -3.68. The van der Waals surface area contributed by atoms with Crippen molar-refractivity contribution in [1.82, 2.24) is 15.1 Å². The van der Waals surface area contributed by atoms with Crippen LogP contribution in [0.3, 0.4) is 0 Å². The molecular weight excluding hydrogens is 432 g/mol. The van der Waals surface area contributed by atoms with Gasteiger partial charge in [0.1, 0.15) is 0 Å². The van der Waals surface area contributed by atoms with Crippen LogP contribution in [0.15, 0.2) is 5.11 Å². The molecule has 32 heavy (non-hydrogen) atoms. The number of carbonyl (C=O) groups excluding carboxylic acids is 1. The van der Waals surface area contributed by atoms with Gasteiger partial charge in [-0.05, 0) is 24.4 Å². The van der Waals surface area contributed by atoms with E-state index in [4.69, 9.17) is 26.0 Å². The largest absolute Gasteiger partial charge is 0.481 e. The van der Waals surface area contributed by atoms with Gasteiger partial charge in [0.25, 0.3) is 0 Å². The lowest BCUT2D eigenvalue weighted by Gasteiger charge is -2.28. The smallest absolute Gasteiger partial charge is 0.317 e. The van der Waals surface area contributed by atoms with Crippen LogP contribution in [0.2, 0.25) is 0 Å². The Kier molecular flexibility index (Phi) is 15.7. The lowest BCUT2D eigenvalue weighted by molar-refractivity contribution is -0.140. The number of aliphatic hydroxyl groups excluding tert-OH is 2. The maximum atomic E-state index is 12.2. The minimum Gasteiger partial charge on any atom is -0.481 e. The second kappa shape index (κ2) is 17.1. The van der Waals surface area contributed by atoms with E-state index in [1.165, 1.54) is 4.90 Å². The molecule has 0 bridgehead atoms. The molecule has 1 unspecified atom stereocenters. The lowest BCUT2D eigenvalue weighted by atomic mass is 9.97. The number of carbonyl (C=O) groups is 3. The van der Waals surface area contributed by atoms with Crippen LogP contribution in [-0.4, -0.2) is 123 Å². The molecule has 0 spiro atoms. The van der Waals surface area contributed by atoms with Gasteiger partial charge >= 0.3 is 11.9 Å². The summed E-state index contributed by atoms with van der Waals surface area (Å²) in [4.78, 5) is 39.6. The Bertz CT molecular complexity index is 594. The van der Waals surface area contributed by atoms with Crippen LogP contribution in [0.4, 0.5) is 0 Å². The van der Waals surface area contributed by atoms with Gasteiger partial charge in [-0.3, -0.25) is 24.2 Å². The average molecular weight is 464 g/mol. The van der Waals surface area contributed by atoms with Crippen molar-refractivity contribution in [1.29, 1.82) is 0 Å². The lowest BCUT2D eigenvalue weighted by Crippen LogP contribution is -2.45. The van der Waals surface area contributed by atoms with Gasteiger partial charge in [-0.15, -0.1) is 0 Å². The fourth-order valence-electron chi connectivity index (χ4n) is 2.97. The molecule has 0 saturated carbocycles. The van der Waals surface area contributed by atoms with Crippen molar-refractivity contribution < 1.29 is 45.0 Å². The minimum atomic E-state index is -1.75. The summed E-state index contributed by atoms with van der Waals surface area (Å²) in [6.45, 7) is -0.348. The number of hydrogen-bond donors (Lipinski definition) is 7. The van der Waals surface area contributed by atoms with Crippen LogP contribution in [0.5, 0.6) is 0 Å². The molecule has 1 amide bonds. The van der Waals surface area contributed by atoms with Crippen molar-refractivity contribution in [2.45, 2.75) is 31.8 Å². The van der Waals surface area contributed by atoms with E-state index in [1.54, 1.807) is 4.90 Å². The fourth-order valence-corrected chi connectivity index (χ4v) is 2.97. The Morgan fingerprint density at radius 2 is 1.59 bits per heavy atom. The predicted molar refractivity (Wildman–Crippen MR) is 109 cm³/mol. The number of rotatable bonds is 19. The van der Waals surface area contributed by atoms with Crippen LogP contribution in [0.25, 0.3) is 10.4 Å². The molecular formula is C17H32N6O9. The van der Waals surface area contributed by atoms with Crippen LogP contribution < -0.4 is 5.32 Å². The number of carboxylic acid groups (broad SMARTS) is 2. The van der Waals surface area contributed by atoms with E-state index in [0.29, 0.717) is 0 Å². The normalized spacial score (nSPS) is 12.2. The molecule has 1 atom stereocenters. The molecule has 7 N–H and O–H groups in total. The highest BCUT2D eigenvalue weighted by molar-refractivity contribution is 5.78. The molecule has 0 aliphatic rings. The number of carboxylic acids is 2. The highest BCUT2D eigenvalue weighted by atomic mass is 16.5. The maximum Gasteiger partial charge on any atom is 0.317 e. The summed E-state index contributed by atoms with van der Waals surface area (Å²) in [6, 6.07) is 0. The zero-order chi connectivity index (χ0) is 24.5. The number of azide groups is 1. The Hall–Kier alpha value is -2.52. The van der Waals surface area contributed by atoms with E-state index >= 15 is 0 Å². The molecule has 0 aliphatic carbocycles. The van der Waals surface area contributed by atoms with Gasteiger partial charge in [0.2, 0.25) is 5.91 Å². The zero-order valence-corrected chi connectivity index (χ0v) is 17.7. The summed E-state index contributed by atoms with van der Waals surface area (Å²) in [7, 11) is 0. The summed E-state index contributed by atoms with van der Waals surface area (Å²) in [5.74, 6) is -3.27. The maximum absolute atomic E-state index is 12.2. The molecule has 0 aliphatic heterocycles. The molecule has 0 heterocycles. The summed E-state index contributed by atoms with van der Waals surface area (Å²) < 4.78 is 0. The number of amides is 1. The average Bonchev–Trinajstić information content (AvgIpc) is 2.65. The predicted octanol–water partition coefficient (Wildman–Crippen LogP) is -2.41. The van der Waals surface area contributed by atoms with Crippen molar-refractivity contribution in [3.05, 3.63) is 10.4 Å². The second-order valence-corrected chi connectivity index (χ2v) is 7.16. The Balaban J connectivity index is 5.08. The third-order valence-corrected chi connectivity index (χ3v) is 4.34. The number of aliphatic hydroxyl groups is 4. The molecule has 0 aromatic heterocycles. The summed E-state index contributed by atoms with van der Waals surface area (Å²) in [5, 5.41) is 60.4. The van der Waals surface area contributed by atoms with Crippen molar-refractivity contribution >= 4 is 17.8 Å². The standard InChI is InChI=1S/C17H32N6O9/c18-21-20-3-2-19-13(24)9-22(4-1-12(7-14(25)26)8-15(27)28)5-6-23(10-16(29)30)11-17(31)32/h12,14,16,25-26,29-30H,1-11H2,(H,19,24)(H,27,28)(H,31,32). The molecule has 0 aromatic carbocycles. The van der Waals surface area contributed by atoms with E-state index in [9.17, 15) is 24.6 Å². The SMILES string of the molecule is [N-]=[N+]=NCCNC(=O)CN(CCC(CC(=O)O)CC(O)O)CCN(CC(=O)O)CC(O)O. The first-order valence-electron chi connectivity index (χ1n) is 9.91. The van der Waals surface area contributed by atoms with Gasteiger partial charge in [0.05, 0.1) is 13.1 Å². The highest BCUT2D eigenvalue weighted by Gasteiger charge is 2.20. The molecule has 15 heteroatoms. The molecule has 0 radical (unpaired) electrons. The fraction of sp³-hybridized carbons (Fsp3) is 0.824. The van der Waals surface area contributed by atoms with Crippen molar-refractivity contribution in [3.8, 4) is 0 Å². The van der Waals surface area contributed by atoms with Gasteiger partial charge in [-0.25, -0.2) is 0 Å². The third-order valence-electron chi connectivity index (χ3n) is 4.34. The van der Waals surface area contributed by atoms with Gasteiger partial charge in [-0.2, -0.15) is 0 Å². The number of aliphatic carboxylic acids is 2. The summed E-state index contributed by atoms with van der Waals surface area (Å²) >= 11 is 0. The molecule has 184 valence electrons. The van der Waals surface area contributed by atoms with E-state index in [2.05, 4.69) is 15.3 Å². The molecule has 0 rings (SSSR count). The van der Waals surface area contributed by atoms with Crippen LogP contribution in [0, 0.1) is 5.92 Å².